The van der Waals surface area contributed by atoms with Gasteiger partial charge in [-0.25, -0.2) is 8.78 Å². The van der Waals surface area contributed by atoms with Gasteiger partial charge in [0.15, 0.2) is 0 Å². The molecule has 0 heterocycles. The molecule has 1 fully saturated rings. The van der Waals surface area contributed by atoms with Gasteiger partial charge in [-0.2, -0.15) is 0 Å². The first kappa shape index (κ1) is 10.4. The fourth-order valence-corrected chi connectivity index (χ4v) is 1.83. The first-order valence-corrected chi connectivity index (χ1v) is 4.62. The van der Waals surface area contributed by atoms with Gasteiger partial charge in [-0.15, -0.1) is 0 Å². The number of hydrogen-bond donors (Lipinski definition) is 1. The van der Waals surface area contributed by atoms with Gasteiger partial charge in [-0.05, 0) is 12.8 Å². The second-order valence-electron chi connectivity index (χ2n) is 3.64. The lowest BCUT2D eigenvalue weighted by Crippen LogP contribution is -2.26. The van der Waals surface area contributed by atoms with Crippen LogP contribution in [-0.2, 0) is 4.79 Å². The predicted octanol–water partition coefficient (Wildman–Crippen LogP) is 2.68. The molecular weight excluding hydrogens is 178 g/mol. The molecule has 13 heavy (non-hydrogen) atoms. The zero-order chi connectivity index (χ0) is 9.90. The third kappa shape index (κ3) is 2.94. The third-order valence-electron chi connectivity index (χ3n) is 2.62. The Morgan fingerprint density at radius 1 is 1.38 bits per heavy atom. The normalized spacial score (nSPS) is 19.2. The molecule has 1 aliphatic rings. The number of rotatable bonds is 4. The van der Waals surface area contributed by atoms with Gasteiger partial charge in [0.1, 0.15) is 0 Å². The van der Waals surface area contributed by atoms with Crippen molar-refractivity contribution >= 4 is 5.97 Å². The average molecular weight is 192 g/mol. The molecule has 1 saturated carbocycles. The maximum absolute atomic E-state index is 13.2. The van der Waals surface area contributed by atoms with Crippen molar-refractivity contribution < 1.29 is 18.7 Å². The highest BCUT2D eigenvalue weighted by Crippen LogP contribution is 2.40. The predicted molar refractivity (Wildman–Crippen MR) is 43.8 cm³/mol. The lowest BCUT2D eigenvalue weighted by molar-refractivity contribution is -0.140. The van der Waals surface area contributed by atoms with Crippen LogP contribution in [-0.4, -0.2) is 17.0 Å². The highest BCUT2D eigenvalue weighted by atomic mass is 19.3. The van der Waals surface area contributed by atoms with Gasteiger partial charge in [0.05, 0.1) is 6.42 Å². The standard InChI is InChI=1S/C9H14F2O2/c10-9(11,6-5-8(12)13)7-3-1-2-4-7/h7H,1-6H2,(H,12,13). The molecule has 2 nitrogen and oxygen atoms in total. The lowest BCUT2D eigenvalue weighted by atomic mass is 9.96. The summed E-state index contributed by atoms with van der Waals surface area (Å²) in [6.07, 6.45) is 1.87. The van der Waals surface area contributed by atoms with Crippen LogP contribution in [0.15, 0.2) is 0 Å². The largest absolute Gasteiger partial charge is 0.481 e. The molecule has 0 saturated heterocycles. The van der Waals surface area contributed by atoms with Crippen LogP contribution in [0.25, 0.3) is 0 Å². The monoisotopic (exact) mass is 192 g/mol. The number of carboxylic acid groups (broad SMARTS) is 1. The Morgan fingerprint density at radius 2 is 1.92 bits per heavy atom. The van der Waals surface area contributed by atoms with E-state index in [1.54, 1.807) is 0 Å². The van der Waals surface area contributed by atoms with E-state index in [9.17, 15) is 13.6 Å². The first-order chi connectivity index (χ1) is 6.02. The molecule has 1 aliphatic carbocycles. The molecule has 0 spiro atoms. The van der Waals surface area contributed by atoms with Gasteiger partial charge in [-0.1, -0.05) is 12.8 Å². The average Bonchev–Trinajstić information content (AvgIpc) is 2.53. The smallest absolute Gasteiger partial charge is 0.303 e. The second-order valence-corrected chi connectivity index (χ2v) is 3.64. The highest BCUT2D eigenvalue weighted by Gasteiger charge is 2.40. The topological polar surface area (TPSA) is 37.3 Å². The van der Waals surface area contributed by atoms with Gasteiger partial charge in [0.2, 0.25) is 0 Å². The summed E-state index contributed by atoms with van der Waals surface area (Å²) in [6.45, 7) is 0. The van der Waals surface area contributed by atoms with Crippen molar-refractivity contribution in [2.75, 3.05) is 0 Å². The summed E-state index contributed by atoms with van der Waals surface area (Å²) in [5, 5.41) is 8.29. The highest BCUT2D eigenvalue weighted by molar-refractivity contribution is 5.66. The molecule has 0 aromatic rings. The van der Waals surface area contributed by atoms with Crippen LogP contribution >= 0.6 is 0 Å². The van der Waals surface area contributed by atoms with E-state index in [1.807, 2.05) is 0 Å². The summed E-state index contributed by atoms with van der Waals surface area (Å²) in [5.41, 5.74) is 0. The number of carboxylic acids is 1. The fourth-order valence-electron chi connectivity index (χ4n) is 1.83. The molecule has 4 heteroatoms. The molecule has 0 radical (unpaired) electrons. The van der Waals surface area contributed by atoms with Crippen molar-refractivity contribution in [3.8, 4) is 0 Å². The number of alkyl halides is 2. The van der Waals surface area contributed by atoms with Crippen molar-refractivity contribution in [1.29, 1.82) is 0 Å². The summed E-state index contributed by atoms with van der Waals surface area (Å²) in [6, 6.07) is 0. The Morgan fingerprint density at radius 3 is 2.38 bits per heavy atom. The van der Waals surface area contributed by atoms with E-state index < -0.39 is 30.7 Å². The van der Waals surface area contributed by atoms with Crippen LogP contribution in [0.5, 0.6) is 0 Å². The Hall–Kier alpha value is -0.670. The van der Waals surface area contributed by atoms with Crippen LogP contribution < -0.4 is 0 Å². The van der Waals surface area contributed by atoms with Gasteiger partial charge in [0, 0.05) is 12.3 Å². The Balaban J connectivity index is 2.39. The van der Waals surface area contributed by atoms with Crippen molar-refractivity contribution in [3.05, 3.63) is 0 Å². The van der Waals surface area contributed by atoms with Crippen molar-refractivity contribution in [2.24, 2.45) is 5.92 Å². The van der Waals surface area contributed by atoms with Crippen molar-refractivity contribution in [1.82, 2.24) is 0 Å². The molecule has 0 atom stereocenters. The molecular formula is C9H14F2O2. The summed E-state index contributed by atoms with van der Waals surface area (Å²) in [4.78, 5) is 10.1. The van der Waals surface area contributed by atoms with Crippen LogP contribution in [0.2, 0.25) is 0 Å². The minimum absolute atomic E-state index is 0.427. The van der Waals surface area contributed by atoms with Crippen LogP contribution in [0.4, 0.5) is 8.78 Å². The van der Waals surface area contributed by atoms with Crippen molar-refractivity contribution in [3.63, 3.8) is 0 Å². The Bertz CT molecular complexity index is 186. The summed E-state index contributed by atoms with van der Waals surface area (Å²) in [5.74, 6) is -4.49. The van der Waals surface area contributed by atoms with Crippen LogP contribution in [0, 0.1) is 5.92 Å². The number of halogens is 2. The van der Waals surface area contributed by atoms with E-state index in [1.165, 1.54) is 0 Å². The van der Waals surface area contributed by atoms with E-state index in [-0.39, 0.29) is 0 Å². The number of aliphatic carboxylic acids is 1. The maximum atomic E-state index is 13.2. The van der Waals surface area contributed by atoms with E-state index >= 15 is 0 Å². The molecule has 0 aromatic carbocycles. The number of hydrogen-bond acceptors (Lipinski definition) is 1. The third-order valence-corrected chi connectivity index (χ3v) is 2.62. The molecule has 0 unspecified atom stereocenters. The molecule has 1 N–H and O–H groups in total. The van der Waals surface area contributed by atoms with E-state index in [0.717, 1.165) is 12.8 Å². The van der Waals surface area contributed by atoms with Crippen LogP contribution in [0.1, 0.15) is 38.5 Å². The zero-order valence-corrected chi connectivity index (χ0v) is 7.43. The van der Waals surface area contributed by atoms with Gasteiger partial charge in [0.25, 0.3) is 5.92 Å². The van der Waals surface area contributed by atoms with Gasteiger partial charge < -0.3 is 5.11 Å². The quantitative estimate of drug-likeness (QED) is 0.743. The molecule has 1 rings (SSSR count). The summed E-state index contributed by atoms with van der Waals surface area (Å²) < 4.78 is 26.5. The molecule has 0 bridgehead atoms. The Kier molecular flexibility index (Phi) is 3.22. The summed E-state index contributed by atoms with van der Waals surface area (Å²) in [7, 11) is 0. The Labute approximate surface area is 75.9 Å². The van der Waals surface area contributed by atoms with E-state index in [0.29, 0.717) is 12.8 Å². The van der Waals surface area contributed by atoms with Crippen LogP contribution in [0.3, 0.4) is 0 Å². The van der Waals surface area contributed by atoms with Gasteiger partial charge >= 0.3 is 5.97 Å². The zero-order valence-electron chi connectivity index (χ0n) is 7.43. The van der Waals surface area contributed by atoms with E-state index in [2.05, 4.69) is 0 Å². The lowest BCUT2D eigenvalue weighted by Gasteiger charge is -2.21. The molecule has 0 aliphatic heterocycles. The SMILES string of the molecule is O=C(O)CCC(F)(F)C1CCCC1. The molecule has 0 amide bonds. The van der Waals surface area contributed by atoms with E-state index in [4.69, 9.17) is 5.11 Å². The minimum Gasteiger partial charge on any atom is -0.481 e. The second kappa shape index (κ2) is 4.03. The fraction of sp³-hybridized carbons (Fsp3) is 0.889. The minimum atomic E-state index is -2.77. The number of carbonyl (C=O) groups is 1. The maximum Gasteiger partial charge on any atom is 0.303 e. The summed E-state index contributed by atoms with van der Waals surface area (Å²) >= 11 is 0. The van der Waals surface area contributed by atoms with Crippen molar-refractivity contribution in [2.45, 2.75) is 44.4 Å². The molecule has 0 aromatic heterocycles. The molecule has 76 valence electrons. The first-order valence-electron chi connectivity index (χ1n) is 4.62. The van der Waals surface area contributed by atoms with Gasteiger partial charge in [-0.3, -0.25) is 4.79 Å².